The molecule has 2 heteroatoms. The predicted octanol–water partition coefficient (Wildman–Crippen LogP) is 2.18. The lowest BCUT2D eigenvalue weighted by molar-refractivity contribution is 0.0309. The fourth-order valence-electron chi connectivity index (χ4n) is 1.69. The van der Waals surface area contributed by atoms with Crippen LogP contribution in [-0.4, -0.2) is 17.7 Å². The third-order valence-electron chi connectivity index (χ3n) is 2.53. The Hall–Kier alpha value is -0.890. The Labute approximate surface area is 78.9 Å². The minimum absolute atomic E-state index is 0.188. The Kier molecular flexibility index (Phi) is 2.60. The standard InChI is InChI=1S/C11H14NO/c1-9-4-5-11(8-13-9)10-3-2-6-12-7-10/h2-3,6-7,9,11H,1,4-5,8H2. The Morgan fingerprint density at radius 2 is 2.38 bits per heavy atom. The van der Waals surface area contributed by atoms with Gasteiger partial charge in [-0.15, -0.1) is 0 Å². The van der Waals surface area contributed by atoms with Crippen molar-refractivity contribution in [3.05, 3.63) is 37.0 Å². The average molecular weight is 176 g/mol. The summed E-state index contributed by atoms with van der Waals surface area (Å²) in [7, 11) is 0. The highest BCUT2D eigenvalue weighted by Gasteiger charge is 2.19. The molecule has 0 amide bonds. The molecule has 1 aromatic rings. The molecule has 1 radical (unpaired) electrons. The van der Waals surface area contributed by atoms with Crippen LogP contribution in [0.3, 0.4) is 0 Å². The van der Waals surface area contributed by atoms with Gasteiger partial charge >= 0.3 is 0 Å². The van der Waals surface area contributed by atoms with Crippen molar-refractivity contribution < 1.29 is 4.74 Å². The van der Waals surface area contributed by atoms with Crippen molar-refractivity contribution in [3.63, 3.8) is 0 Å². The van der Waals surface area contributed by atoms with E-state index in [1.165, 1.54) is 12.0 Å². The Balaban J connectivity index is 2.03. The first-order chi connectivity index (χ1) is 6.36. The van der Waals surface area contributed by atoms with Crippen molar-refractivity contribution in [1.29, 1.82) is 0 Å². The molecule has 0 aromatic carbocycles. The maximum atomic E-state index is 5.51. The van der Waals surface area contributed by atoms with Crippen molar-refractivity contribution in [3.8, 4) is 0 Å². The first-order valence-electron chi connectivity index (χ1n) is 4.71. The second-order valence-electron chi connectivity index (χ2n) is 3.52. The molecule has 1 fully saturated rings. The van der Waals surface area contributed by atoms with E-state index in [4.69, 9.17) is 4.74 Å². The van der Waals surface area contributed by atoms with Gasteiger partial charge in [-0.2, -0.15) is 0 Å². The Morgan fingerprint density at radius 3 is 3.00 bits per heavy atom. The van der Waals surface area contributed by atoms with Crippen LogP contribution in [0.25, 0.3) is 0 Å². The van der Waals surface area contributed by atoms with E-state index in [0.717, 1.165) is 13.0 Å². The van der Waals surface area contributed by atoms with Gasteiger partial charge in [0.15, 0.2) is 0 Å². The Morgan fingerprint density at radius 1 is 1.46 bits per heavy atom. The lowest BCUT2D eigenvalue weighted by Crippen LogP contribution is -2.22. The highest BCUT2D eigenvalue weighted by molar-refractivity contribution is 5.15. The smallest absolute Gasteiger partial charge is 0.0576 e. The van der Waals surface area contributed by atoms with Crippen LogP contribution in [0.1, 0.15) is 24.3 Å². The van der Waals surface area contributed by atoms with E-state index in [2.05, 4.69) is 18.0 Å². The first kappa shape index (κ1) is 8.70. The molecule has 1 aliphatic rings. The summed E-state index contributed by atoms with van der Waals surface area (Å²) in [5, 5.41) is 0. The van der Waals surface area contributed by atoms with Crippen LogP contribution in [0.4, 0.5) is 0 Å². The second kappa shape index (κ2) is 3.88. The lowest BCUT2D eigenvalue weighted by atomic mass is 9.93. The molecule has 2 atom stereocenters. The van der Waals surface area contributed by atoms with Gasteiger partial charge in [-0.05, 0) is 31.4 Å². The number of nitrogens with zero attached hydrogens (tertiary/aromatic N) is 1. The number of ether oxygens (including phenoxy) is 1. The molecule has 1 saturated heterocycles. The van der Waals surface area contributed by atoms with E-state index in [9.17, 15) is 0 Å². The van der Waals surface area contributed by atoms with E-state index in [1.54, 1.807) is 6.20 Å². The SMILES string of the molecule is [CH2]C1CCC(c2cccnc2)CO1. The van der Waals surface area contributed by atoms with Crippen LogP contribution in [-0.2, 0) is 4.74 Å². The van der Waals surface area contributed by atoms with E-state index in [-0.39, 0.29) is 6.10 Å². The molecule has 69 valence electrons. The number of aromatic nitrogens is 1. The van der Waals surface area contributed by atoms with Crippen molar-refractivity contribution in [2.75, 3.05) is 6.61 Å². The summed E-state index contributed by atoms with van der Waals surface area (Å²) in [6, 6.07) is 4.09. The second-order valence-corrected chi connectivity index (χ2v) is 3.52. The molecular formula is C11H14NO. The number of pyridine rings is 1. The normalized spacial score (nSPS) is 28.7. The molecule has 0 aliphatic carbocycles. The maximum absolute atomic E-state index is 5.51. The van der Waals surface area contributed by atoms with Crippen molar-refractivity contribution in [2.24, 2.45) is 0 Å². The molecule has 1 aromatic heterocycles. The van der Waals surface area contributed by atoms with Crippen molar-refractivity contribution >= 4 is 0 Å². The highest BCUT2D eigenvalue weighted by Crippen LogP contribution is 2.26. The van der Waals surface area contributed by atoms with Gasteiger partial charge in [-0.3, -0.25) is 4.98 Å². The number of hydrogen-bond donors (Lipinski definition) is 0. The minimum Gasteiger partial charge on any atom is -0.378 e. The molecule has 13 heavy (non-hydrogen) atoms. The van der Waals surface area contributed by atoms with Gasteiger partial charge in [0.2, 0.25) is 0 Å². The molecular weight excluding hydrogens is 162 g/mol. The summed E-state index contributed by atoms with van der Waals surface area (Å²) in [5.41, 5.74) is 1.29. The molecule has 0 saturated carbocycles. The molecule has 2 heterocycles. The first-order valence-corrected chi connectivity index (χ1v) is 4.71. The van der Waals surface area contributed by atoms with Gasteiger partial charge in [0.05, 0.1) is 12.7 Å². The predicted molar refractivity (Wildman–Crippen MR) is 51.3 cm³/mol. The highest BCUT2D eigenvalue weighted by atomic mass is 16.5. The van der Waals surface area contributed by atoms with Crippen LogP contribution >= 0.6 is 0 Å². The number of rotatable bonds is 1. The van der Waals surface area contributed by atoms with Gasteiger partial charge in [0.25, 0.3) is 0 Å². The zero-order chi connectivity index (χ0) is 9.10. The molecule has 2 unspecified atom stereocenters. The summed E-state index contributed by atoms with van der Waals surface area (Å²) >= 11 is 0. The zero-order valence-corrected chi connectivity index (χ0v) is 7.65. The van der Waals surface area contributed by atoms with E-state index in [1.807, 2.05) is 12.3 Å². The van der Waals surface area contributed by atoms with Crippen molar-refractivity contribution in [2.45, 2.75) is 24.9 Å². The topological polar surface area (TPSA) is 22.1 Å². The zero-order valence-electron chi connectivity index (χ0n) is 7.65. The van der Waals surface area contributed by atoms with E-state index in [0.29, 0.717) is 5.92 Å². The van der Waals surface area contributed by atoms with E-state index < -0.39 is 0 Å². The third kappa shape index (κ3) is 2.07. The Bertz CT molecular complexity index is 252. The fourth-order valence-corrected chi connectivity index (χ4v) is 1.69. The minimum atomic E-state index is 0.188. The fraction of sp³-hybridized carbons (Fsp3) is 0.455. The van der Waals surface area contributed by atoms with Crippen LogP contribution in [0.2, 0.25) is 0 Å². The van der Waals surface area contributed by atoms with Crippen molar-refractivity contribution in [1.82, 2.24) is 4.98 Å². The lowest BCUT2D eigenvalue weighted by Gasteiger charge is -2.26. The summed E-state index contributed by atoms with van der Waals surface area (Å²) in [4.78, 5) is 4.11. The van der Waals surface area contributed by atoms with Crippen LogP contribution in [0, 0.1) is 6.92 Å². The maximum Gasteiger partial charge on any atom is 0.0576 e. The van der Waals surface area contributed by atoms with Crippen LogP contribution in [0.15, 0.2) is 24.5 Å². The van der Waals surface area contributed by atoms with Gasteiger partial charge < -0.3 is 4.74 Å². The largest absolute Gasteiger partial charge is 0.378 e. The summed E-state index contributed by atoms with van der Waals surface area (Å²) in [6.07, 6.45) is 6.14. The quantitative estimate of drug-likeness (QED) is 0.654. The summed E-state index contributed by atoms with van der Waals surface area (Å²) in [5.74, 6) is 0.520. The summed E-state index contributed by atoms with van der Waals surface area (Å²) < 4.78 is 5.51. The molecule has 0 spiro atoms. The third-order valence-corrected chi connectivity index (χ3v) is 2.53. The van der Waals surface area contributed by atoms with Crippen LogP contribution in [0.5, 0.6) is 0 Å². The molecule has 0 bridgehead atoms. The molecule has 0 N–H and O–H groups in total. The molecule has 2 rings (SSSR count). The monoisotopic (exact) mass is 176 g/mol. The van der Waals surface area contributed by atoms with E-state index >= 15 is 0 Å². The molecule has 1 aliphatic heterocycles. The number of hydrogen-bond acceptors (Lipinski definition) is 2. The van der Waals surface area contributed by atoms with Gasteiger partial charge in [0.1, 0.15) is 0 Å². The van der Waals surface area contributed by atoms with Crippen LogP contribution < -0.4 is 0 Å². The molecule has 2 nitrogen and oxygen atoms in total. The average Bonchev–Trinajstić information content (AvgIpc) is 2.20. The van der Waals surface area contributed by atoms with Gasteiger partial charge in [0, 0.05) is 18.3 Å². The van der Waals surface area contributed by atoms with Gasteiger partial charge in [-0.25, -0.2) is 0 Å². The summed E-state index contributed by atoms with van der Waals surface area (Å²) in [6.45, 7) is 4.68. The van der Waals surface area contributed by atoms with Gasteiger partial charge in [-0.1, -0.05) is 6.07 Å².